The molecule has 0 radical (unpaired) electrons. The molecule has 0 fully saturated rings. The molecule has 0 aliphatic rings. The Hall–Kier alpha value is -2.87. The molecule has 25 heavy (non-hydrogen) atoms. The third kappa shape index (κ3) is 6.64. The molecular weight excluding hydrogens is 318 g/mol. The van der Waals surface area contributed by atoms with Crippen LogP contribution in [0.15, 0.2) is 47.2 Å². The van der Waals surface area contributed by atoms with Crippen LogP contribution in [0.4, 0.5) is 5.69 Å². The molecule has 0 saturated carbocycles. The second-order valence-electron chi connectivity index (χ2n) is 5.29. The van der Waals surface area contributed by atoms with Gasteiger partial charge in [-0.25, -0.2) is 15.0 Å². The van der Waals surface area contributed by atoms with Gasteiger partial charge in [0.25, 0.3) is 5.91 Å². The third-order valence-electron chi connectivity index (χ3n) is 3.27. The van der Waals surface area contributed by atoms with Gasteiger partial charge in [0.05, 0.1) is 5.69 Å². The minimum atomic E-state index is -0.194. The number of hydrogen-bond donors (Lipinski definition) is 4. The highest BCUT2D eigenvalue weighted by Gasteiger charge is 2.10. The van der Waals surface area contributed by atoms with Crippen molar-refractivity contribution in [2.75, 3.05) is 19.4 Å². The van der Waals surface area contributed by atoms with E-state index in [1.54, 1.807) is 30.5 Å². The van der Waals surface area contributed by atoms with Gasteiger partial charge in [-0.1, -0.05) is 12.7 Å². The van der Waals surface area contributed by atoms with Crippen LogP contribution < -0.4 is 16.1 Å². The molecule has 0 spiro atoms. The van der Waals surface area contributed by atoms with E-state index in [1.165, 1.54) is 0 Å². The number of aromatic nitrogens is 1. The lowest BCUT2D eigenvalue weighted by Crippen LogP contribution is -2.37. The number of anilines is 1. The van der Waals surface area contributed by atoms with Gasteiger partial charge in [0.2, 0.25) is 5.96 Å². The summed E-state index contributed by atoms with van der Waals surface area (Å²) in [5, 5.41) is 7.50. The quantitative estimate of drug-likeness (QED) is 0.346. The van der Waals surface area contributed by atoms with Gasteiger partial charge in [-0.3, -0.25) is 4.79 Å². The fraction of sp³-hybridized carbons (Fsp3) is 0.353. The van der Waals surface area contributed by atoms with Gasteiger partial charge in [-0.15, -0.1) is 0 Å². The smallest absolute Gasteiger partial charge is 0.267 e. The number of carbonyl (C=O) groups excluding carboxylic acids is 1. The lowest BCUT2D eigenvalue weighted by Gasteiger charge is -2.21. The van der Waals surface area contributed by atoms with Gasteiger partial charge in [-0.2, -0.15) is 0 Å². The Bertz CT molecular complexity index is 672. The predicted octanol–water partition coefficient (Wildman–Crippen LogP) is 2.11. The summed E-state index contributed by atoms with van der Waals surface area (Å²) in [5.74, 6) is 0.242. The fourth-order valence-corrected chi connectivity index (χ4v) is 1.91. The topological polar surface area (TPSA) is 96.9 Å². The first-order chi connectivity index (χ1) is 11.9. The number of allylic oxidation sites excluding steroid dienone is 2. The third-order valence-corrected chi connectivity index (χ3v) is 3.27. The molecule has 1 amide bonds. The van der Waals surface area contributed by atoms with Gasteiger partial charge in [0, 0.05) is 32.2 Å². The lowest BCUT2D eigenvalue weighted by molar-refractivity contribution is 0.0959. The highest BCUT2D eigenvalue weighted by Crippen LogP contribution is 2.10. The molecular formula is C17H27N7O. The summed E-state index contributed by atoms with van der Waals surface area (Å²) in [6.45, 7) is 9.37. The van der Waals surface area contributed by atoms with Crippen molar-refractivity contribution in [3.05, 3.63) is 42.9 Å². The summed E-state index contributed by atoms with van der Waals surface area (Å²) >= 11 is 0. The Labute approximate surface area is 148 Å². The first-order valence-corrected chi connectivity index (χ1v) is 7.94. The van der Waals surface area contributed by atoms with Crippen LogP contribution in [0, 0.1) is 0 Å². The highest BCUT2D eigenvalue weighted by molar-refractivity contribution is 6.06. The van der Waals surface area contributed by atoms with E-state index < -0.39 is 0 Å². The van der Waals surface area contributed by atoms with Crippen molar-refractivity contribution in [3.63, 3.8) is 0 Å². The van der Waals surface area contributed by atoms with Gasteiger partial charge in [0.15, 0.2) is 0 Å². The average molecular weight is 345 g/mol. The maximum absolute atomic E-state index is 11.7. The molecule has 1 aromatic rings. The largest absolute Gasteiger partial charge is 0.355 e. The number of rotatable bonds is 7. The summed E-state index contributed by atoms with van der Waals surface area (Å²) in [7, 11) is 3.44. The Morgan fingerprint density at radius 2 is 2.20 bits per heavy atom. The maximum Gasteiger partial charge on any atom is 0.267 e. The molecule has 0 saturated heterocycles. The zero-order valence-electron chi connectivity index (χ0n) is 15.4. The number of nitrogens with one attached hydrogen (secondary N) is 4. The molecule has 0 aliphatic heterocycles. The number of nitrogens with zero attached hydrogens (tertiary/aromatic N) is 3. The molecule has 136 valence electrons. The molecule has 8 heteroatoms. The van der Waals surface area contributed by atoms with Crippen molar-refractivity contribution in [2.24, 2.45) is 9.98 Å². The van der Waals surface area contributed by atoms with Gasteiger partial charge in [-0.05, 0) is 32.9 Å². The number of H-pyrrole nitrogens is 1. The standard InChI is InChI=1S/C17H27N7O/c1-7-9-12(3)21-17(22-13(4)24(6)20-8-2)23-14-10-15(19-11-14)16(25)18-5/h7-11,13,19-20H,2H2,1,3-6H3,(H,18,25)(H,22,23)/b9-7-,21-12+. The van der Waals surface area contributed by atoms with Gasteiger partial charge < -0.3 is 21.0 Å². The second-order valence-corrected chi connectivity index (χ2v) is 5.29. The highest BCUT2D eigenvalue weighted by atomic mass is 16.1. The lowest BCUT2D eigenvalue weighted by atomic mass is 10.4. The molecule has 1 aromatic heterocycles. The number of hydrazine groups is 1. The summed E-state index contributed by atoms with van der Waals surface area (Å²) in [6.07, 6.45) is 6.87. The number of amides is 1. The molecule has 0 aliphatic carbocycles. The first kappa shape index (κ1) is 20.2. The molecule has 1 unspecified atom stereocenters. The number of guanidine groups is 1. The first-order valence-electron chi connectivity index (χ1n) is 7.94. The Balaban J connectivity index is 3.06. The Kier molecular flexibility index (Phi) is 8.14. The van der Waals surface area contributed by atoms with E-state index in [1.807, 2.05) is 40.0 Å². The fourth-order valence-electron chi connectivity index (χ4n) is 1.91. The molecule has 4 N–H and O–H groups in total. The Morgan fingerprint density at radius 1 is 1.48 bits per heavy atom. The van der Waals surface area contributed by atoms with Gasteiger partial charge >= 0.3 is 0 Å². The minimum Gasteiger partial charge on any atom is -0.355 e. The van der Waals surface area contributed by atoms with Crippen LogP contribution in [0.2, 0.25) is 0 Å². The summed E-state index contributed by atoms with van der Waals surface area (Å²) in [5.41, 5.74) is 4.92. The zero-order valence-corrected chi connectivity index (χ0v) is 15.4. The van der Waals surface area contributed by atoms with Crippen LogP contribution in [0.3, 0.4) is 0 Å². The normalized spacial score (nSPS) is 13.8. The molecule has 8 nitrogen and oxygen atoms in total. The summed E-state index contributed by atoms with van der Waals surface area (Å²) in [4.78, 5) is 23.6. The van der Waals surface area contributed by atoms with E-state index in [4.69, 9.17) is 0 Å². The minimum absolute atomic E-state index is 0.191. The van der Waals surface area contributed by atoms with E-state index in [0.29, 0.717) is 17.3 Å². The van der Waals surface area contributed by atoms with Crippen molar-refractivity contribution in [1.82, 2.24) is 20.7 Å². The average Bonchev–Trinajstić information content (AvgIpc) is 3.02. The van der Waals surface area contributed by atoms with Crippen LogP contribution in [0.5, 0.6) is 0 Å². The van der Waals surface area contributed by atoms with Crippen LogP contribution in [-0.2, 0) is 0 Å². The molecule has 1 rings (SSSR count). The van der Waals surface area contributed by atoms with E-state index in [2.05, 4.69) is 37.6 Å². The van der Waals surface area contributed by atoms with Gasteiger partial charge in [0.1, 0.15) is 11.9 Å². The van der Waals surface area contributed by atoms with E-state index in [0.717, 1.165) is 5.71 Å². The van der Waals surface area contributed by atoms with E-state index in [-0.39, 0.29) is 12.1 Å². The zero-order chi connectivity index (χ0) is 18.8. The Morgan fingerprint density at radius 3 is 2.80 bits per heavy atom. The number of carbonyl (C=O) groups is 1. The molecule has 1 heterocycles. The van der Waals surface area contributed by atoms with Crippen molar-refractivity contribution in [2.45, 2.75) is 26.9 Å². The number of aromatic amines is 1. The van der Waals surface area contributed by atoms with Crippen molar-refractivity contribution in [3.8, 4) is 0 Å². The molecule has 1 atom stereocenters. The van der Waals surface area contributed by atoms with Crippen LogP contribution in [0.1, 0.15) is 31.3 Å². The summed E-state index contributed by atoms with van der Waals surface area (Å²) in [6, 6.07) is 1.70. The number of hydrogen-bond acceptors (Lipinski definition) is 4. The number of aliphatic imine (C=N–C) groups is 2. The van der Waals surface area contributed by atoms with Crippen molar-refractivity contribution >= 4 is 23.3 Å². The monoisotopic (exact) mass is 345 g/mol. The molecule has 0 aromatic carbocycles. The second kappa shape index (κ2) is 10.1. The molecule has 0 bridgehead atoms. The van der Waals surface area contributed by atoms with Crippen molar-refractivity contribution in [1.29, 1.82) is 0 Å². The van der Waals surface area contributed by atoms with Crippen LogP contribution in [0.25, 0.3) is 0 Å². The van der Waals surface area contributed by atoms with E-state index >= 15 is 0 Å². The summed E-state index contributed by atoms with van der Waals surface area (Å²) < 4.78 is 0. The maximum atomic E-state index is 11.7. The SMILES string of the molecule is C=CNN(C)C(C)\N=C(/N=C(C)/C=C\C)Nc1c[nH]c(C(=O)NC)c1. The van der Waals surface area contributed by atoms with Crippen molar-refractivity contribution < 1.29 is 4.79 Å². The predicted molar refractivity (Wildman–Crippen MR) is 104 cm³/mol. The van der Waals surface area contributed by atoms with Crippen LogP contribution in [-0.4, -0.2) is 47.8 Å². The van der Waals surface area contributed by atoms with E-state index in [9.17, 15) is 4.79 Å². The van der Waals surface area contributed by atoms with Crippen LogP contribution >= 0.6 is 0 Å².